The minimum absolute atomic E-state index is 0.111. The molecule has 0 aliphatic rings. The van der Waals surface area contributed by atoms with Crippen molar-refractivity contribution in [3.05, 3.63) is 12.4 Å². The fraction of sp³-hybridized carbons (Fsp3) is 0.692. The second kappa shape index (κ2) is 8.14. The number of ether oxygens (including phenoxy) is 1. The molecule has 0 saturated carbocycles. The second-order valence-electron chi connectivity index (χ2n) is 4.70. The summed E-state index contributed by atoms with van der Waals surface area (Å²) in [7, 11) is 0. The van der Waals surface area contributed by atoms with Gasteiger partial charge in [0.05, 0.1) is 12.0 Å². The van der Waals surface area contributed by atoms with Crippen molar-refractivity contribution >= 4 is 17.4 Å². The van der Waals surface area contributed by atoms with Gasteiger partial charge in [-0.3, -0.25) is 0 Å². The molecule has 4 nitrogen and oxygen atoms in total. The van der Waals surface area contributed by atoms with Crippen LogP contribution in [0.5, 0.6) is 5.88 Å². The van der Waals surface area contributed by atoms with Gasteiger partial charge < -0.3 is 10.1 Å². The summed E-state index contributed by atoms with van der Waals surface area (Å²) in [5, 5.41) is 3.31. The number of alkyl halides is 1. The van der Waals surface area contributed by atoms with Crippen molar-refractivity contribution in [2.24, 2.45) is 5.92 Å². The molecule has 0 fully saturated rings. The minimum atomic E-state index is 0.111. The van der Waals surface area contributed by atoms with Crippen LogP contribution >= 0.6 is 11.6 Å². The molecule has 0 aliphatic carbocycles. The second-order valence-corrected chi connectivity index (χ2v) is 5.31. The first-order valence-electron chi connectivity index (χ1n) is 6.44. The number of aromatic nitrogens is 2. The van der Waals surface area contributed by atoms with E-state index in [0.717, 1.165) is 18.7 Å². The Hall–Kier alpha value is -1.03. The van der Waals surface area contributed by atoms with Crippen LogP contribution in [0.15, 0.2) is 12.4 Å². The molecular formula is C13H22ClN3O. The lowest BCUT2D eigenvalue weighted by Crippen LogP contribution is -2.17. The monoisotopic (exact) mass is 271 g/mol. The van der Waals surface area contributed by atoms with E-state index < -0.39 is 0 Å². The van der Waals surface area contributed by atoms with Gasteiger partial charge >= 0.3 is 0 Å². The molecular weight excluding hydrogens is 250 g/mol. The Bertz CT molecular complexity index is 347. The third-order valence-electron chi connectivity index (χ3n) is 2.33. The molecule has 0 amide bonds. The first-order valence-corrected chi connectivity index (χ1v) is 6.88. The standard InChI is InChI=1S/C13H22ClN3O/c1-4-5-18-13-7-12(16-9-17-13)15-8-11(14)6-10(2)3/h7,9-11H,4-6,8H2,1-3H3,(H,15,16,17). The molecule has 1 N–H and O–H groups in total. The lowest BCUT2D eigenvalue weighted by molar-refractivity contribution is 0.305. The topological polar surface area (TPSA) is 47.0 Å². The quantitative estimate of drug-likeness (QED) is 0.737. The van der Waals surface area contributed by atoms with E-state index in [1.807, 2.05) is 0 Å². The molecule has 1 aromatic heterocycles. The van der Waals surface area contributed by atoms with Crippen molar-refractivity contribution < 1.29 is 4.74 Å². The maximum absolute atomic E-state index is 6.21. The zero-order valence-corrected chi connectivity index (χ0v) is 12.1. The molecule has 0 aromatic carbocycles. The number of rotatable bonds is 8. The third-order valence-corrected chi connectivity index (χ3v) is 2.66. The Balaban J connectivity index is 2.41. The Labute approximate surface area is 114 Å². The van der Waals surface area contributed by atoms with Gasteiger partial charge in [-0.25, -0.2) is 9.97 Å². The molecule has 1 rings (SSSR count). The van der Waals surface area contributed by atoms with E-state index in [1.54, 1.807) is 6.07 Å². The Morgan fingerprint density at radius 1 is 1.39 bits per heavy atom. The number of nitrogens with zero attached hydrogens (tertiary/aromatic N) is 2. The van der Waals surface area contributed by atoms with Gasteiger partial charge in [0, 0.05) is 12.6 Å². The normalized spacial score (nSPS) is 12.5. The molecule has 1 unspecified atom stereocenters. The summed E-state index contributed by atoms with van der Waals surface area (Å²) in [4.78, 5) is 8.18. The molecule has 0 bridgehead atoms. The first-order chi connectivity index (χ1) is 8.61. The van der Waals surface area contributed by atoms with E-state index in [9.17, 15) is 0 Å². The van der Waals surface area contributed by atoms with Crippen molar-refractivity contribution in [2.45, 2.75) is 39.0 Å². The number of hydrogen-bond acceptors (Lipinski definition) is 4. The predicted octanol–water partition coefficient (Wildman–Crippen LogP) is 3.33. The van der Waals surface area contributed by atoms with Crippen LogP contribution in [-0.2, 0) is 0 Å². The molecule has 1 atom stereocenters. The van der Waals surface area contributed by atoms with Crippen LogP contribution in [0.25, 0.3) is 0 Å². The van der Waals surface area contributed by atoms with E-state index in [4.69, 9.17) is 16.3 Å². The highest BCUT2D eigenvalue weighted by molar-refractivity contribution is 6.20. The van der Waals surface area contributed by atoms with Crippen molar-refractivity contribution in [1.82, 2.24) is 9.97 Å². The van der Waals surface area contributed by atoms with Gasteiger partial charge in [-0.15, -0.1) is 11.6 Å². The van der Waals surface area contributed by atoms with Gasteiger partial charge in [0.25, 0.3) is 0 Å². The van der Waals surface area contributed by atoms with Gasteiger partial charge in [-0.05, 0) is 18.8 Å². The molecule has 1 aromatic rings. The molecule has 18 heavy (non-hydrogen) atoms. The summed E-state index contributed by atoms with van der Waals surface area (Å²) in [6.45, 7) is 7.75. The van der Waals surface area contributed by atoms with Gasteiger partial charge in [0.1, 0.15) is 12.1 Å². The van der Waals surface area contributed by atoms with Crippen LogP contribution in [0.3, 0.4) is 0 Å². The summed E-state index contributed by atoms with van der Waals surface area (Å²) >= 11 is 6.21. The van der Waals surface area contributed by atoms with Gasteiger partial charge in [-0.1, -0.05) is 20.8 Å². The van der Waals surface area contributed by atoms with E-state index in [-0.39, 0.29) is 5.38 Å². The van der Waals surface area contributed by atoms with Crippen LogP contribution in [0.4, 0.5) is 5.82 Å². The average molecular weight is 272 g/mol. The Kier molecular flexibility index (Phi) is 6.80. The number of anilines is 1. The highest BCUT2D eigenvalue weighted by Gasteiger charge is 2.07. The zero-order valence-electron chi connectivity index (χ0n) is 11.3. The molecule has 0 spiro atoms. The maximum Gasteiger partial charge on any atom is 0.218 e. The van der Waals surface area contributed by atoms with Crippen molar-refractivity contribution in [3.8, 4) is 5.88 Å². The lowest BCUT2D eigenvalue weighted by Gasteiger charge is -2.13. The number of halogens is 1. The van der Waals surface area contributed by atoms with Crippen LogP contribution in [-0.4, -0.2) is 28.5 Å². The fourth-order valence-electron chi connectivity index (χ4n) is 1.53. The SMILES string of the molecule is CCCOc1cc(NCC(Cl)CC(C)C)ncn1. The molecule has 102 valence electrons. The summed E-state index contributed by atoms with van der Waals surface area (Å²) in [6, 6.07) is 1.80. The number of nitrogens with one attached hydrogen (secondary N) is 1. The van der Waals surface area contributed by atoms with E-state index in [0.29, 0.717) is 24.9 Å². The van der Waals surface area contributed by atoms with E-state index in [1.165, 1.54) is 6.33 Å². The van der Waals surface area contributed by atoms with Crippen LogP contribution < -0.4 is 10.1 Å². The van der Waals surface area contributed by atoms with Crippen LogP contribution in [0.2, 0.25) is 0 Å². The number of hydrogen-bond donors (Lipinski definition) is 1. The molecule has 1 heterocycles. The highest BCUT2D eigenvalue weighted by atomic mass is 35.5. The third kappa shape index (κ3) is 6.05. The van der Waals surface area contributed by atoms with E-state index >= 15 is 0 Å². The van der Waals surface area contributed by atoms with Gasteiger partial charge in [0.2, 0.25) is 5.88 Å². The van der Waals surface area contributed by atoms with Crippen LogP contribution in [0, 0.1) is 5.92 Å². The summed E-state index contributed by atoms with van der Waals surface area (Å²) in [6.07, 6.45) is 3.45. The first kappa shape index (κ1) is 15.0. The van der Waals surface area contributed by atoms with Gasteiger partial charge in [-0.2, -0.15) is 0 Å². The maximum atomic E-state index is 6.21. The smallest absolute Gasteiger partial charge is 0.218 e. The average Bonchev–Trinajstić information content (AvgIpc) is 2.33. The zero-order chi connectivity index (χ0) is 13.4. The summed E-state index contributed by atoms with van der Waals surface area (Å²) < 4.78 is 5.44. The molecule has 5 heteroatoms. The predicted molar refractivity (Wildman–Crippen MR) is 75.4 cm³/mol. The minimum Gasteiger partial charge on any atom is -0.478 e. The lowest BCUT2D eigenvalue weighted by atomic mass is 10.1. The Morgan fingerprint density at radius 3 is 2.83 bits per heavy atom. The molecule has 0 saturated heterocycles. The summed E-state index contributed by atoms with van der Waals surface area (Å²) in [5.74, 6) is 1.96. The van der Waals surface area contributed by atoms with Crippen LogP contribution in [0.1, 0.15) is 33.6 Å². The molecule has 0 radical (unpaired) electrons. The summed E-state index contributed by atoms with van der Waals surface area (Å²) in [5.41, 5.74) is 0. The van der Waals surface area contributed by atoms with Gasteiger partial charge in [0.15, 0.2) is 0 Å². The highest BCUT2D eigenvalue weighted by Crippen LogP contribution is 2.14. The van der Waals surface area contributed by atoms with E-state index in [2.05, 4.69) is 36.1 Å². The van der Waals surface area contributed by atoms with Crippen molar-refractivity contribution in [3.63, 3.8) is 0 Å². The van der Waals surface area contributed by atoms with Crippen molar-refractivity contribution in [1.29, 1.82) is 0 Å². The molecule has 0 aliphatic heterocycles. The fourth-order valence-corrected chi connectivity index (χ4v) is 1.97. The largest absolute Gasteiger partial charge is 0.478 e. The Morgan fingerprint density at radius 2 is 2.17 bits per heavy atom. The van der Waals surface area contributed by atoms with Crippen molar-refractivity contribution in [2.75, 3.05) is 18.5 Å².